The van der Waals surface area contributed by atoms with E-state index in [-0.39, 0.29) is 5.91 Å². The molecule has 0 radical (unpaired) electrons. The van der Waals surface area contributed by atoms with Crippen molar-refractivity contribution in [2.24, 2.45) is 0 Å². The minimum absolute atomic E-state index is 0.282. The maximum atomic E-state index is 12.7. The number of hydrogen-bond acceptors (Lipinski definition) is 3. The van der Waals surface area contributed by atoms with Gasteiger partial charge in [0.05, 0.1) is 25.5 Å². The van der Waals surface area contributed by atoms with E-state index in [0.29, 0.717) is 17.5 Å². The van der Waals surface area contributed by atoms with Crippen LogP contribution in [0.25, 0.3) is 0 Å². The van der Waals surface area contributed by atoms with Crippen molar-refractivity contribution in [3.63, 3.8) is 0 Å². The predicted octanol–water partition coefficient (Wildman–Crippen LogP) is 2.14. The van der Waals surface area contributed by atoms with Crippen LogP contribution in [0.4, 0.5) is 0 Å². The van der Waals surface area contributed by atoms with Gasteiger partial charge in [-0.25, -0.2) is 0 Å². The van der Waals surface area contributed by atoms with Crippen LogP contribution in [-0.4, -0.2) is 20.6 Å². The van der Waals surface area contributed by atoms with Gasteiger partial charge in [-0.2, -0.15) is 0 Å². The molecule has 0 bridgehead atoms. The fraction of sp³-hybridized carbons (Fsp3) is 0.462. The Hall–Kier alpha value is -0.903. The third-order valence-corrected chi connectivity index (χ3v) is 7.59. The second-order valence-corrected chi connectivity index (χ2v) is 13.0. The average molecular weight is 297 g/mol. The molecule has 0 saturated heterocycles. The molecule has 1 heterocycles. The second kappa shape index (κ2) is 4.58. The summed E-state index contributed by atoms with van der Waals surface area (Å²) in [4.78, 5) is 12.0. The van der Waals surface area contributed by atoms with Crippen LogP contribution in [0, 0.1) is 6.92 Å². The van der Waals surface area contributed by atoms with Crippen molar-refractivity contribution in [2.75, 3.05) is 6.61 Å². The monoisotopic (exact) mass is 297 g/mol. The summed E-state index contributed by atoms with van der Waals surface area (Å²) in [5, 5.41) is 4.28. The highest BCUT2D eigenvalue weighted by atomic mass is 31.2. The van der Waals surface area contributed by atoms with Crippen LogP contribution in [0.1, 0.15) is 22.8 Å². The molecule has 1 aliphatic heterocycles. The van der Waals surface area contributed by atoms with Gasteiger partial charge in [0.1, 0.15) is 0 Å². The Kier molecular flexibility index (Phi) is 3.50. The first kappa shape index (κ1) is 14.5. The molecule has 1 aromatic rings. The molecule has 0 spiro atoms. The first-order valence-corrected chi connectivity index (χ1v) is 11.5. The summed E-state index contributed by atoms with van der Waals surface area (Å²) in [6.45, 7) is 10.7. The van der Waals surface area contributed by atoms with Crippen LogP contribution in [0.3, 0.4) is 0 Å². The molecule has 1 aromatic carbocycles. The third-order valence-electron chi connectivity index (χ3n) is 3.27. The lowest BCUT2D eigenvalue weighted by molar-refractivity contribution is 0.0982. The van der Waals surface area contributed by atoms with E-state index in [4.69, 9.17) is 4.52 Å². The summed E-state index contributed by atoms with van der Waals surface area (Å²) < 4.78 is 18.0. The van der Waals surface area contributed by atoms with Gasteiger partial charge in [-0.3, -0.25) is 14.4 Å². The Labute approximate surface area is 115 Å². The van der Waals surface area contributed by atoms with Crippen molar-refractivity contribution in [3.05, 3.63) is 23.3 Å². The first-order valence-electron chi connectivity index (χ1n) is 6.42. The number of hydrogen-bond donors (Lipinski definition) is 1. The van der Waals surface area contributed by atoms with Gasteiger partial charge in [-0.05, 0) is 25.5 Å². The quantitative estimate of drug-likeness (QED) is 0.687. The van der Waals surface area contributed by atoms with E-state index < -0.39 is 15.6 Å². The largest absolute Gasteiger partial charge is 0.327 e. The van der Waals surface area contributed by atoms with Gasteiger partial charge < -0.3 is 4.52 Å². The molecule has 0 aliphatic carbocycles. The zero-order chi connectivity index (χ0) is 14.4. The summed E-state index contributed by atoms with van der Waals surface area (Å²) in [6, 6.07) is 3.94. The van der Waals surface area contributed by atoms with Crippen LogP contribution in [-0.2, 0) is 9.09 Å². The number of carbonyl (C=O) groups is 1. The molecule has 1 N–H and O–H groups in total. The molecule has 1 atom stereocenters. The smallest absolute Gasteiger partial charge is 0.310 e. The zero-order valence-corrected chi connectivity index (χ0v) is 13.9. The van der Waals surface area contributed by atoms with Crippen LogP contribution in [0.2, 0.25) is 19.6 Å². The van der Waals surface area contributed by atoms with Crippen molar-refractivity contribution in [1.82, 2.24) is 5.09 Å². The Bertz CT molecular complexity index is 592. The fourth-order valence-corrected chi connectivity index (χ4v) is 5.60. The molecule has 1 aliphatic rings. The summed E-state index contributed by atoms with van der Waals surface area (Å²) in [5.74, 6) is -0.282. The van der Waals surface area contributed by atoms with Crippen molar-refractivity contribution in [3.8, 4) is 0 Å². The van der Waals surface area contributed by atoms with E-state index in [1.165, 1.54) is 5.19 Å². The minimum atomic E-state index is -3.21. The third kappa shape index (κ3) is 2.42. The van der Waals surface area contributed by atoms with E-state index in [1.54, 1.807) is 6.92 Å². The van der Waals surface area contributed by atoms with Crippen molar-refractivity contribution in [2.45, 2.75) is 33.5 Å². The fourth-order valence-electron chi connectivity index (χ4n) is 2.30. The topological polar surface area (TPSA) is 55.4 Å². The molecular weight excluding hydrogens is 277 g/mol. The van der Waals surface area contributed by atoms with E-state index in [2.05, 4.69) is 30.8 Å². The Morgan fingerprint density at radius 2 is 1.95 bits per heavy atom. The molecule has 1 amide bonds. The molecule has 19 heavy (non-hydrogen) atoms. The summed E-state index contributed by atoms with van der Waals surface area (Å²) in [6.07, 6.45) is 0. The molecule has 104 valence electrons. The van der Waals surface area contributed by atoms with Crippen molar-refractivity contribution < 1.29 is 13.9 Å². The molecular formula is C13H20NO3PSi. The molecule has 0 aromatic heterocycles. The lowest BCUT2D eigenvalue weighted by Gasteiger charge is -2.19. The minimum Gasteiger partial charge on any atom is -0.310 e. The number of rotatable bonds is 3. The maximum absolute atomic E-state index is 12.7. The zero-order valence-electron chi connectivity index (χ0n) is 12.0. The van der Waals surface area contributed by atoms with E-state index in [0.717, 1.165) is 5.56 Å². The van der Waals surface area contributed by atoms with Crippen molar-refractivity contribution in [1.29, 1.82) is 0 Å². The summed E-state index contributed by atoms with van der Waals surface area (Å²) in [5.41, 5.74) is 1.40. The Balaban J connectivity index is 2.66. The number of nitrogens with one attached hydrogen (secondary N) is 1. The van der Waals surface area contributed by atoms with Crippen molar-refractivity contribution >= 4 is 32.0 Å². The maximum Gasteiger partial charge on any atom is 0.327 e. The van der Waals surface area contributed by atoms with Gasteiger partial charge in [0.15, 0.2) is 0 Å². The SMILES string of the molecule is CCOP1(=O)NC(=O)c2cc([Si](C)(C)C)cc(C)c21. The van der Waals surface area contributed by atoms with Gasteiger partial charge in [-0.15, -0.1) is 0 Å². The summed E-state index contributed by atoms with van der Waals surface area (Å²) in [7, 11) is -4.72. The van der Waals surface area contributed by atoms with Gasteiger partial charge in [-0.1, -0.05) is 30.9 Å². The van der Waals surface area contributed by atoms with E-state index in [1.807, 2.05) is 13.0 Å². The normalized spacial score (nSPS) is 22.3. The number of benzene rings is 1. The predicted molar refractivity (Wildman–Crippen MR) is 80.5 cm³/mol. The molecule has 1 unspecified atom stereocenters. The number of amides is 1. The Morgan fingerprint density at radius 3 is 2.47 bits per heavy atom. The molecule has 0 fully saturated rings. The highest BCUT2D eigenvalue weighted by Gasteiger charge is 2.41. The van der Waals surface area contributed by atoms with Crippen LogP contribution >= 0.6 is 7.52 Å². The molecule has 2 rings (SSSR count). The van der Waals surface area contributed by atoms with Gasteiger partial charge >= 0.3 is 7.52 Å². The van der Waals surface area contributed by atoms with Crippen LogP contribution in [0.15, 0.2) is 12.1 Å². The number of carbonyl (C=O) groups excluding carboxylic acids is 1. The van der Waals surface area contributed by atoms with E-state index in [9.17, 15) is 9.36 Å². The van der Waals surface area contributed by atoms with E-state index >= 15 is 0 Å². The molecule has 0 saturated carbocycles. The first-order chi connectivity index (χ1) is 8.69. The lowest BCUT2D eigenvalue weighted by Crippen LogP contribution is -2.39. The van der Waals surface area contributed by atoms with Crippen LogP contribution < -0.4 is 15.6 Å². The van der Waals surface area contributed by atoms with Gasteiger partial charge in [0.25, 0.3) is 5.91 Å². The highest BCUT2D eigenvalue weighted by Crippen LogP contribution is 2.47. The number of aryl methyl sites for hydroxylation is 1. The summed E-state index contributed by atoms with van der Waals surface area (Å²) >= 11 is 0. The lowest BCUT2D eigenvalue weighted by atomic mass is 10.1. The van der Waals surface area contributed by atoms with Gasteiger partial charge in [0, 0.05) is 0 Å². The molecule has 6 heteroatoms. The average Bonchev–Trinajstić information content (AvgIpc) is 2.50. The standard InChI is InChI=1S/C13H20NO3PSi/c1-6-17-18(16)12-9(2)7-10(19(3,4)5)8-11(12)13(15)14-18/h7-8H,6H2,1-5H3,(H,14,15,16). The van der Waals surface area contributed by atoms with Crippen LogP contribution in [0.5, 0.6) is 0 Å². The highest BCUT2D eigenvalue weighted by molar-refractivity contribution is 7.67. The Morgan fingerprint density at radius 1 is 1.32 bits per heavy atom. The van der Waals surface area contributed by atoms with Gasteiger partial charge in [0.2, 0.25) is 0 Å². The molecule has 4 nitrogen and oxygen atoms in total. The second-order valence-electron chi connectivity index (χ2n) is 5.85. The number of fused-ring (bicyclic) bond motifs is 1.